The Labute approximate surface area is 113 Å². The van der Waals surface area contributed by atoms with Crippen LogP contribution in [0.15, 0.2) is 36.9 Å². The van der Waals surface area contributed by atoms with Crippen LogP contribution in [-0.2, 0) is 13.1 Å². The molecule has 2 aromatic rings. The van der Waals surface area contributed by atoms with Gasteiger partial charge in [-0.15, -0.1) is 0 Å². The maximum Gasteiger partial charge on any atom is 0.147 e. The molecular weight excluding hydrogens is 238 g/mol. The minimum Gasteiger partial charge on any atom is -0.354 e. The van der Waals surface area contributed by atoms with E-state index >= 15 is 0 Å². The molecule has 0 amide bonds. The molecule has 0 saturated heterocycles. The molecule has 1 N–H and O–H groups in total. The van der Waals surface area contributed by atoms with Crippen molar-refractivity contribution in [2.75, 3.05) is 18.5 Å². The second kappa shape index (κ2) is 6.80. The molecule has 0 saturated carbocycles. The van der Waals surface area contributed by atoms with Gasteiger partial charge < -0.3 is 10.2 Å². The van der Waals surface area contributed by atoms with Gasteiger partial charge in [0.15, 0.2) is 0 Å². The van der Waals surface area contributed by atoms with Gasteiger partial charge in [0.05, 0.1) is 11.9 Å². The summed E-state index contributed by atoms with van der Waals surface area (Å²) in [5.41, 5.74) is 2.11. The minimum absolute atomic E-state index is 0.748. The zero-order chi connectivity index (χ0) is 13.5. The quantitative estimate of drug-likeness (QED) is 0.852. The van der Waals surface area contributed by atoms with E-state index in [0.717, 1.165) is 36.7 Å². The van der Waals surface area contributed by atoms with E-state index in [-0.39, 0.29) is 0 Å². The summed E-state index contributed by atoms with van der Waals surface area (Å²) in [6.45, 7) is 4.52. The third kappa shape index (κ3) is 3.99. The molecule has 5 nitrogen and oxygen atoms in total. The second-order valence-electron chi connectivity index (χ2n) is 4.37. The summed E-state index contributed by atoms with van der Waals surface area (Å²) >= 11 is 0. The Morgan fingerprint density at radius 2 is 2.11 bits per heavy atom. The lowest BCUT2D eigenvalue weighted by Gasteiger charge is -2.18. The van der Waals surface area contributed by atoms with Gasteiger partial charge in [-0.1, -0.05) is 13.0 Å². The monoisotopic (exact) mass is 257 g/mol. The van der Waals surface area contributed by atoms with Crippen LogP contribution in [0.2, 0.25) is 0 Å². The van der Waals surface area contributed by atoms with Crippen LogP contribution in [0.3, 0.4) is 0 Å². The lowest BCUT2D eigenvalue weighted by molar-refractivity contribution is 0.704. The maximum atomic E-state index is 4.59. The van der Waals surface area contributed by atoms with Crippen LogP contribution in [0.4, 0.5) is 5.82 Å². The van der Waals surface area contributed by atoms with Crippen molar-refractivity contribution in [3.8, 4) is 0 Å². The molecule has 0 aliphatic rings. The first-order chi connectivity index (χ1) is 9.29. The van der Waals surface area contributed by atoms with E-state index in [9.17, 15) is 0 Å². The van der Waals surface area contributed by atoms with Crippen molar-refractivity contribution in [3.05, 3.63) is 48.2 Å². The van der Waals surface area contributed by atoms with Gasteiger partial charge in [0.2, 0.25) is 0 Å². The predicted octanol–water partition coefficient (Wildman–Crippen LogP) is 1.62. The third-order valence-corrected chi connectivity index (χ3v) is 2.76. The summed E-state index contributed by atoms with van der Waals surface area (Å²) in [6, 6.07) is 4.00. The fraction of sp³-hybridized carbons (Fsp3) is 0.357. The summed E-state index contributed by atoms with van der Waals surface area (Å²) < 4.78 is 0. The number of nitrogens with zero attached hydrogens (tertiary/aromatic N) is 4. The van der Waals surface area contributed by atoms with E-state index in [2.05, 4.69) is 38.2 Å². The Morgan fingerprint density at radius 1 is 1.21 bits per heavy atom. The normalized spacial score (nSPS) is 10.4. The first-order valence-corrected chi connectivity index (χ1v) is 6.41. The number of pyridine rings is 1. The van der Waals surface area contributed by atoms with Crippen LogP contribution < -0.4 is 10.2 Å². The van der Waals surface area contributed by atoms with Crippen molar-refractivity contribution < 1.29 is 0 Å². The fourth-order valence-corrected chi connectivity index (χ4v) is 1.76. The number of nitrogens with one attached hydrogen (secondary N) is 1. The highest BCUT2D eigenvalue weighted by Crippen LogP contribution is 2.11. The Kier molecular flexibility index (Phi) is 4.80. The zero-order valence-corrected chi connectivity index (χ0v) is 11.4. The van der Waals surface area contributed by atoms with Crippen molar-refractivity contribution in [2.45, 2.75) is 20.0 Å². The van der Waals surface area contributed by atoms with Gasteiger partial charge in [0.1, 0.15) is 5.82 Å². The van der Waals surface area contributed by atoms with Gasteiger partial charge in [-0.05, 0) is 18.2 Å². The summed E-state index contributed by atoms with van der Waals surface area (Å²) in [5.74, 6) is 0.874. The second-order valence-corrected chi connectivity index (χ2v) is 4.37. The molecule has 0 radical (unpaired) electrons. The standard InChI is InChI=1S/C14H19N5/c1-3-15-8-13-9-17-10-14(18-13)19(2)11-12-5-4-6-16-7-12/h4-7,9-10,15H,3,8,11H2,1-2H3. The van der Waals surface area contributed by atoms with E-state index in [4.69, 9.17) is 0 Å². The van der Waals surface area contributed by atoms with Crippen LogP contribution in [0.5, 0.6) is 0 Å². The smallest absolute Gasteiger partial charge is 0.147 e. The van der Waals surface area contributed by atoms with Crippen molar-refractivity contribution in [3.63, 3.8) is 0 Å². The summed E-state index contributed by atoms with van der Waals surface area (Å²) in [5, 5.41) is 3.25. The molecule has 0 atom stereocenters. The van der Waals surface area contributed by atoms with Crippen LogP contribution in [0.25, 0.3) is 0 Å². The van der Waals surface area contributed by atoms with E-state index in [1.807, 2.05) is 19.3 Å². The van der Waals surface area contributed by atoms with Crippen molar-refractivity contribution in [1.82, 2.24) is 20.3 Å². The average Bonchev–Trinajstić information content (AvgIpc) is 2.46. The Morgan fingerprint density at radius 3 is 2.84 bits per heavy atom. The molecule has 0 aliphatic carbocycles. The molecule has 2 aromatic heterocycles. The van der Waals surface area contributed by atoms with Gasteiger partial charge in [-0.25, -0.2) is 4.98 Å². The highest BCUT2D eigenvalue weighted by atomic mass is 15.2. The van der Waals surface area contributed by atoms with Gasteiger partial charge in [0.25, 0.3) is 0 Å². The van der Waals surface area contributed by atoms with Gasteiger partial charge in [-0.3, -0.25) is 9.97 Å². The lowest BCUT2D eigenvalue weighted by Crippen LogP contribution is -2.20. The van der Waals surface area contributed by atoms with Crippen LogP contribution in [0.1, 0.15) is 18.2 Å². The van der Waals surface area contributed by atoms with Crippen LogP contribution in [-0.4, -0.2) is 28.5 Å². The molecular formula is C14H19N5. The fourth-order valence-electron chi connectivity index (χ4n) is 1.76. The number of aromatic nitrogens is 3. The highest BCUT2D eigenvalue weighted by Gasteiger charge is 2.05. The molecule has 0 aliphatic heterocycles. The predicted molar refractivity (Wildman–Crippen MR) is 75.8 cm³/mol. The topological polar surface area (TPSA) is 53.9 Å². The van der Waals surface area contributed by atoms with Crippen LogP contribution >= 0.6 is 0 Å². The Hall–Kier alpha value is -2.01. The first-order valence-electron chi connectivity index (χ1n) is 6.41. The molecule has 0 fully saturated rings. The molecule has 19 heavy (non-hydrogen) atoms. The molecule has 2 rings (SSSR count). The van der Waals surface area contributed by atoms with Crippen molar-refractivity contribution in [1.29, 1.82) is 0 Å². The molecule has 0 bridgehead atoms. The summed E-state index contributed by atoms with van der Waals surface area (Å²) in [4.78, 5) is 15.0. The molecule has 5 heteroatoms. The zero-order valence-electron chi connectivity index (χ0n) is 11.4. The molecule has 2 heterocycles. The first kappa shape index (κ1) is 13.4. The largest absolute Gasteiger partial charge is 0.354 e. The van der Waals surface area contributed by atoms with E-state index in [1.165, 1.54) is 0 Å². The van der Waals surface area contributed by atoms with E-state index < -0.39 is 0 Å². The number of rotatable bonds is 6. The highest BCUT2D eigenvalue weighted by molar-refractivity contribution is 5.36. The number of hydrogen-bond donors (Lipinski definition) is 1. The Bertz CT molecular complexity index is 500. The van der Waals surface area contributed by atoms with Crippen LogP contribution in [0, 0.1) is 0 Å². The van der Waals surface area contributed by atoms with Crippen molar-refractivity contribution >= 4 is 5.82 Å². The Balaban J connectivity index is 2.04. The molecule has 100 valence electrons. The van der Waals surface area contributed by atoms with Gasteiger partial charge in [0, 0.05) is 38.7 Å². The third-order valence-electron chi connectivity index (χ3n) is 2.76. The number of anilines is 1. The van der Waals surface area contributed by atoms with Crippen molar-refractivity contribution in [2.24, 2.45) is 0 Å². The number of hydrogen-bond acceptors (Lipinski definition) is 5. The van der Waals surface area contributed by atoms with E-state index in [1.54, 1.807) is 18.6 Å². The van der Waals surface area contributed by atoms with Gasteiger partial charge in [-0.2, -0.15) is 0 Å². The molecule has 0 unspecified atom stereocenters. The van der Waals surface area contributed by atoms with E-state index in [0.29, 0.717) is 0 Å². The lowest BCUT2D eigenvalue weighted by atomic mass is 10.3. The summed E-state index contributed by atoms with van der Waals surface area (Å²) in [6.07, 6.45) is 7.22. The SMILES string of the molecule is CCNCc1cncc(N(C)Cc2cccnc2)n1. The molecule has 0 aromatic carbocycles. The maximum absolute atomic E-state index is 4.59. The average molecular weight is 257 g/mol. The summed E-state index contributed by atoms with van der Waals surface area (Å²) in [7, 11) is 2.01. The van der Waals surface area contributed by atoms with Gasteiger partial charge >= 0.3 is 0 Å². The minimum atomic E-state index is 0.748. The molecule has 0 spiro atoms.